The summed E-state index contributed by atoms with van der Waals surface area (Å²) in [5.41, 5.74) is 4.41. The molecule has 1 aromatic carbocycles. The first-order valence-electron chi connectivity index (χ1n) is 9.89. The average Bonchev–Trinajstić information content (AvgIpc) is 3.38. The van der Waals surface area contributed by atoms with E-state index in [0.717, 1.165) is 35.7 Å². The summed E-state index contributed by atoms with van der Waals surface area (Å²) in [6.45, 7) is 5.05. The smallest absolute Gasteiger partial charge is 0.233 e. The molecule has 4 aromatic rings. The number of nitrogens with zero attached hydrogens (tertiary/aromatic N) is 4. The van der Waals surface area contributed by atoms with Gasteiger partial charge in [-0.15, -0.1) is 21.5 Å². The van der Waals surface area contributed by atoms with Crippen LogP contribution in [-0.2, 0) is 11.2 Å². The summed E-state index contributed by atoms with van der Waals surface area (Å²) in [4.78, 5) is 16.6. The van der Waals surface area contributed by atoms with Gasteiger partial charge in [-0.1, -0.05) is 36.9 Å². The zero-order valence-electron chi connectivity index (χ0n) is 16.5. The predicted octanol–water partition coefficient (Wildman–Crippen LogP) is 4.88. The van der Waals surface area contributed by atoms with E-state index < -0.39 is 0 Å². The highest BCUT2D eigenvalue weighted by Crippen LogP contribution is 2.36. The van der Waals surface area contributed by atoms with Crippen molar-refractivity contribution in [2.45, 2.75) is 37.9 Å². The topological polar surface area (TPSA) is 50.5 Å². The second-order valence-electron chi connectivity index (χ2n) is 7.37. The SMILES string of the molecule is CCC1c2ccsc2CCN1C(=O)CSc1nnc2cc(C)c3ccccc3n12. The molecular weight excluding hydrogens is 400 g/mol. The number of aryl methyl sites for hydroxylation is 1. The minimum absolute atomic E-state index is 0.173. The van der Waals surface area contributed by atoms with Crippen LogP contribution in [0.1, 0.15) is 35.4 Å². The normalized spacial score (nSPS) is 16.5. The molecule has 7 heteroatoms. The van der Waals surface area contributed by atoms with Crippen LogP contribution in [-0.4, -0.2) is 37.7 Å². The summed E-state index contributed by atoms with van der Waals surface area (Å²) in [6.07, 6.45) is 1.90. The van der Waals surface area contributed by atoms with E-state index in [1.807, 2.05) is 28.4 Å². The highest BCUT2D eigenvalue weighted by molar-refractivity contribution is 7.99. The van der Waals surface area contributed by atoms with Gasteiger partial charge < -0.3 is 4.90 Å². The van der Waals surface area contributed by atoms with Crippen molar-refractivity contribution in [3.63, 3.8) is 0 Å². The van der Waals surface area contributed by atoms with Crippen LogP contribution in [0.3, 0.4) is 0 Å². The molecule has 0 bridgehead atoms. The van der Waals surface area contributed by atoms with Crippen molar-refractivity contribution in [1.82, 2.24) is 19.5 Å². The molecule has 148 valence electrons. The maximum atomic E-state index is 13.1. The number of para-hydroxylation sites is 1. The number of rotatable bonds is 4. The lowest BCUT2D eigenvalue weighted by Crippen LogP contribution is -2.40. The lowest BCUT2D eigenvalue weighted by Gasteiger charge is -2.35. The molecule has 0 aliphatic carbocycles. The fraction of sp³-hybridized carbons (Fsp3) is 0.318. The Morgan fingerprint density at radius 3 is 3.00 bits per heavy atom. The van der Waals surface area contributed by atoms with Crippen LogP contribution >= 0.6 is 23.1 Å². The van der Waals surface area contributed by atoms with Crippen LogP contribution in [0.25, 0.3) is 16.6 Å². The molecule has 4 heterocycles. The number of pyridine rings is 1. The molecule has 0 fully saturated rings. The molecule has 0 N–H and O–H groups in total. The van der Waals surface area contributed by atoms with Gasteiger partial charge in [0.1, 0.15) is 0 Å². The maximum Gasteiger partial charge on any atom is 0.233 e. The molecule has 0 saturated carbocycles. The van der Waals surface area contributed by atoms with Crippen LogP contribution in [0.15, 0.2) is 46.9 Å². The Morgan fingerprint density at radius 1 is 1.28 bits per heavy atom. The highest BCUT2D eigenvalue weighted by atomic mass is 32.2. The first-order chi connectivity index (χ1) is 14.2. The molecule has 5 nitrogen and oxygen atoms in total. The number of amides is 1. The van der Waals surface area contributed by atoms with E-state index in [9.17, 15) is 4.79 Å². The van der Waals surface area contributed by atoms with Gasteiger partial charge in [-0.2, -0.15) is 0 Å². The molecule has 0 radical (unpaired) electrons. The Kier molecular flexibility index (Phi) is 4.80. The lowest BCUT2D eigenvalue weighted by molar-refractivity contribution is -0.131. The number of carbonyl (C=O) groups is 1. The molecule has 29 heavy (non-hydrogen) atoms. The molecule has 0 spiro atoms. The van der Waals surface area contributed by atoms with Gasteiger partial charge in [-0.25, -0.2) is 0 Å². The molecule has 5 rings (SSSR count). The van der Waals surface area contributed by atoms with Gasteiger partial charge in [-0.3, -0.25) is 9.20 Å². The second-order valence-corrected chi connectivity index (χ2v) is 9.31. The molecule has 3 aromatic heterocycles. The van der Waals surface area contributed by atoms with E-state index in [-0.39, 0.29) is 11.9 Å². The minimum atomic E-state index is 0.173. The summed E-state index contributed by atoms with van der Waals surface area (Å²) < 4.78 is 2.06. The summed E-state index contributed by atoms with van der Waals surface area (Å²) in [7, 11) is 0. The van der Waals surface area contributed by atoms with Crippen molar-refractivity contribution in [1.29, 1.82) is 0 Å². The first-order valence-corrected chi connectivity index (χ1v) is 11.8. The third kappa shape index (κ3) is 3.13. The summed E-state index contributed by atoms with van der Waals surface area (Å²) in [5, 5.41) is 12.8. The molecule has 1 atom stereocenters. The van der Waals surface area contributed by atoms with Gasteiger partial charge in [0.25, 0.3) is 0 Å². The average molecular weight is 423 g/mol. The zero-order valence-corrected chi connectivity index (χ0v) is 18.1. The lowest BCUT2D eigenvalue weighted by atomic mass is 9.98. The van der Waals surface area contributed by atoms with Gasteiger partial charge in [0.15, 0.2) is 10.8 Å². The van der Waals surface area contributed by atoms with Gasteiger partial charge in [0.2, 0.25) is 5.91 Å². The van der Waals surface area contributed by atoms with E-state index in [0.29, 0.717) is 5.75 Å². The molecule has 1 amide bonds. The molecule has 0 saturated heterocycles. The van der Waals surface area contributed by atoms with E-state index in [1.54, 1.807) is 0 Å². The number of benzene rings is 1. The number of thioether (sulfide) groups is 1. The fourth-order valence-electron chi connectivity index (χ4n) is 4.31. The Morgan fingerprint density at radius 2 is 2.14 bits per heavy atom. The van der Waals surface area contributed by atoms with Gasteiger partial charge >= 0.3 is 0 Å². The van der Waals surface area contributed by atoms with Crippen LogP contribution in [0, 0.1) is 6.92 Å². The quantitative estimate of drug-likeness (QED) is 0.440. The number of carbonyl (C=O) groups excluding carboxylic acids is 1. The highest BCUT2D eigenvalue weighted by Gasteiger charge is 2.30. The molecule has 1 aliphatic rings. The number of fused-ring (bicyclic) bond motifs is 4. The number of thiophene rings is 1. The Labute approximate surface area is 177 Å². The minimum Gasteiger partial charge on any atom is -0.335 e. The van der Waals surface area contributed by atoms with Crippen molar-refractivity contribution in [3.05, 3.63) is 57.8 Å². The van der Waals surface area contributed by atoms with E-state index in [2.05, 4.69) is 58.1 Å². The summed E-state index contributed by atoms with van der Waals surface area (Å²) in [6, 6.07) is 12.7. The van der Waals surface area contributed by atoms with Gasteiger partial charge in [0, 0.05) is 16.8 Å². The van der Waals surface area contributed by atoms with E-state index in [4.69, 9.17) is 0 Å². The van der Waals surface area contributed by atoms with Crippen molar-refractivity contribution in [2.75, 3.05) is 12.3 Å². The van der Waals surface area contributed by atoms with Crippen LogP contribution in [0.5, 0.6) is 0 Å². The largest absolute Gasteiger partial charge is 0.335 e. The van der Waals surface area contributed by atoms with Crippen LogP contribution in [0.4, 0.5) is 0 Å². The van der Waals surface area contributed by atoms with Gasteiger partial charge in [0.05, 0.1) is 17.3 Å². The zero-order chi connectivity index (χ0) is 20.0. The van der Waals surface area contributed by atoms with Crippen molar-refractivity contribution < 1.29 is 4.79 Å². The molecule has 1 aliphatic heterocycles. The maximum absolute atomic E-state index is 13.1. The van der Waals surface area contributed by atoms with E-state index in [1.165, 1.54) is 33.2 Å². The molecule has 1 unspecified atom stereocenters. The predicted molar refractivity (Wildman–Crippen MR) is 119 cm³/mol. The van der Waals surface area contributed by atoms with Crippen molar-refractivity contribution >= 4 is 45.6 Å². The number of hydrogen-bond acceptors (Lipinski definition) is 5. The third-order valence-corrected chi connectivity index (χ3v) is 7.61. The standard InChI is InChI=1S/C22H22N4OS2/c1-3-17-16-9-11-28-19(16)8-10-25(17)21(27)13-29-22-24-23-20-12-14(2)15-6-4-5-7-18(15)26(20)22/h4-7,9,11-12,17H,3,8,10,13H2,1-2H3. The Hall–Kier alpha value is -2.38. The van der Waals surface area contributed by atoms with E-state index >= 15 is 0 Å². The number of hydrogen-bond donors (Lipinski definition) is 0. The van der Waals surface area contributed by atoms with Crippen molar-refractivity contribution in [2.24, 2.45) is 0 Å². The fourth-order valence-corrected chi connectivity index (χ4v) is 6.08. The Balaban J connectivity index is 1.41. The monoisotopic (exact) mass is 422 g/mol. The first kappa shape index (κ1) is 18.6. The second kappa shape index (κ2) is 7.46. The Bertz CT molecular complexity index is 1210. The van der Waals surface area contributed by atoms with Crippen LogP contribution < -0.4 is 0 Å². The summed E-state index contributed by atoms with van der Waals surface area (Å²) >= 11 is 3.28. The molecular formula is C22H22N4OS2. The third-order valence-electron chi connectivity index (χ3n) is 5.70. The number of aromatic nitrogens is 3. The summed E-state index contributed by atoms with van der Waals surface area (Å²) in [5.74, 6) is 0.547. The van der Waals surface area contributed by atoms with Crippen LogP contribution in [0.2, 0.25) is 0 Å². The van der Waals surface area contributed by atoms with Crippen molar-refractivity contribution in [3.8, 4) is 0 Å². The van der Waals surface area contributed by atoms with Gasteiger partial charge in [-0.05, 0) is 54.5 Å².